The lowest BCUT2D eigenvalue weighted by atomic mass is 9.44. The van der Waals surface area contributed by atoms with Crippen molar-refractivity contribution in [2.24, 2.45) is 52.3 Å². The molecule has 6 rings (SSSR count). The van der Waals surface area contributed by atoms with Gasteiger partial charge in [0.05, 0.1) is 24.9 Å². The molecule has 31 heavy (non-hydrogen) atoms. The van der Waals surface area contributed by atoms with Gasteiger partial charge in [0.1, 0.15) is 0 Å². The molecule has 0 aromatic carbocycles. The second kappa shape index (κ2) is 6.93. The Labute approximate surface area is 188 Å². The minimum atomic E-state index is -0.537. The topological polar surface area (TPSA) is 58.9 Å². The average Bonchev–Trinajstić information content (AvgIpc) is 3.16. The third-order valence-corrected chi connectivity index (χ3v) is 12.0. The third-order valence-electron chi connectivity index (χ3n) is 12.0. The van der Waals surface area contributed by atoms with Crippen LogP contribution < -0.4 is 0 Å². The smallest absolute Gasteiger partial charge is 0.171 e. The molecule has 0 amide bonds. The van der Waals surface area contributed by atoms with Gasteiger partial charge in [0.2, 0.25) is 0 Å². The standard InChI is InChI=1S/C27H44O4/c1-15-7-10-27(30-14-15)16(2)24-23(31-27)12-20-18-6-5-17-11-21(28)22(29)13-26(17,4)19(18)8-9-25(20,24)3/h15-24,28-29H,5-14H2,1-4H3/t15-,16+,17-,18-,19-,20+,21-,22+,23+,24+,25+,26+,27-/m1/s1. The molecule has 4 nitrogen and oxygen atoms in total. The van der Waals surface area contributed by atoms with E-state index in [1.165, 1.54) is 38.5 Å². The van der Waals surface area contributed by atoms with E-state index in [0.717, 1.165) is 37.7 Å². The highest BCUT2D eigenvalue weighted by atomic mass is 16.7. The van der Waals surface area contributed by atoms with E-state index in [2.05, 4.69) is 27.7 Å². The Balaban J connectivity index is 1.26. The number of ether oxygens (including phenoxy) is 2. The molecule has 6 fully saturated rings. The summed E-state index contributed by atoms with van der Waals surface area (Å²) < 4.78 is 13.3. The Kier molecular flexibility index (Phi) is 4.78. The Morgan fingerprint density at radius 3 is 2.39 bits per heavy atom. The van der Waals surface area contributed by atoms with Crippen LogP contribution in [-0.4, -0.2) is 40.9 Å². The minimum Gasteiger partial charge on any atom is -0.390 e. The molecule has 2 heterocycles. The fourth-order valence-electron chi connectivity index (χ4n) is 10.3. The van der Waals surface area contributed by atoms with Gasteiger partial charge < -0.3 is 19.7 Å². The van der Waals surface area contributed by atoms with E-state index in [-0.39, 0.29) is 11.2 Å². The molecule has 0 radical (unpaired) electrons. The molecule has 0 unspecified atom stereocenters. The van der Waals surface area contributed by atoms with Crippen LogP contribution in [0.4, 0.5) is 0 Å². The summed E-state index contributed by atoms with van der Waals surface area (Å²) in [5.41, 5.74) is 0.550. The van der Waals surface area contributed by atoms with Crippen LogP contribution in [0.5, 0.6) is 0 Å². The second-order valence-corrected chi connectivity index (χ2v) is 13.2. The molecular weight excluding hydrogens is 388 g/mol. The summed E-state index contributed by atoms with van der Waals surface area (Å²) >= 11 is 0. The number of hydrogen-bond donors (Lipinski definition) is 2. The van der Waals surface area contributed by atoms with Gasteiger partial charge in [0, 0.05) is 12.3 Å². The number of hydrogen-bond acceptors (Lipinski definition) is 4. The van der Waals surface area contributed by atoms with Crippen LogP contribution >= 0.6 is 0 Å². The van der Waals surface area contributed by atoms with Gasteiger partial charge in [0.15, 0.2) is 5.79 Å². The monoisotopic (exact) mass is 432 g/mol. The minimum absolute atomic E-state index is 0.191. The van der Waals surface area contributed by atoms with Crippen LogP contribution in [0.1, 0.15) is 85.5 Å². The van der Waals surface area contributed by atoms with Crippen LogP contribution in [0.3, 0.4) is 0 Å². The molecule has 176 valence electrons. The van der Waals surface area contributed by atoms with E-state index in [9.17, 15) is 10.2 Å². The van der Waals surface area contributed by atoms with Gasteiger partial charge in [-0.3, -0.25) is 0 Å². The maximum atomic E-state index is 10.6. The maximum Gasteiger partial charge on any atom is 0.171 e. The van der Waals surface area contributed by atoms with Crippen LogP contribution in [0, 0.1) is 52.3 Å². The van der Waals surface area contributed by atoms with E-state index in [4.69, 9.17) is 9.47 Å². The van der Waals surface area contributed by atoms with Gasteiger partial charge in [-0.25, -0.2) is 0 Å². The molecule has 2 saturated heterocycles. The first-order chi connectivity index (χ1) is 14.7. The highest BCUT2D eigenvalue weighted by molar-refractivity contribution is 5.15. The predicted molar refractivity (Wildman–Crippen MR) is 119 cm³/mol. The van der Waals surface area contributed by atoms with Gasteiger partial charge in [-0.2, -0.15) is 0 Å². The van der Waals surface area contributed by atoms with Crippen molar-refractivity contribution in [3.8, 4) is 0 Å². The highest BCUT2D eigenvalue weighted by Crippen LogP contribution is 2.71. The zero-order chi connectivity index (χ0) is 21.8. The van der Waals surface area contributed by atoms with Gasteiger partial charge in [-0.05, 0) is 97.7 Å². The van der Waals surface area contributed by atoms with Crippen LogP contribution in [0.25, 0.3) is 0 Å². The summed E-state index contributed by atoms with van der Waals surface area (Å²) in [5.74, 6) is 4.21. The van der Waals surface area contributed by atoms with Crippen molar-refractivity contribution >= 4 is 0 Å². The fourth-order valence-corrected chi connectivity index (χ4v) is 10.3. The molecule has 0 bridgehead atoms. The molecular formula is C27H44O4. The van der Waals surface area contributed by atoms with Gasteiger partial charge in [0.25, 0.3) is 0 Å². The lowest BCUT2D eigenvalue weighted by Gasteiger charge is -2.61. The average molecular weight is 433 g/mol. The molecule has 2 N–H and O–H groups in total. The fraction of sp³-hybridized carbons (Fsp3) is 1.00. The summed E-state index contributed by atoms with van der Waals surface area (Å²) in [5, 5.41) is 20.9. The van der Waals surface area contributed by atoms with Gasteiger partial charge >= 0.3 is 0 Å². The molecule has 4 heteroatoms. The summed E-state index contributed by atoms with van der Waals surface area (Å²) in [6.45, 7) is 10.6. The van der Waals surface area contributed by atoms with Crippen molar-refractivity contribution in [1.29, 1.82) is 0 Å². The first-order valence-electron chi connectivity index (χ1n) is 13.4. The van der Waals surface area contributed by atoms with Crippen molar-refractivity contribution in [3.05, 3.63) is 0 Å². The van der Waals surface area contributed by atoms with E-state index < -0.39 is 12.2 Å². The normalized spacial score (nSPS) is 63.3. The van der Waals surface area contributed by atoms with E-state index in [0.29, 0.717) is 41.1 Å². The van der Waals surface area contributed by atoms with Crippen molar-refractivity contribution in [2.75, 3.05) is 6.61 Å². The first-order valence-corrected chi connectivity index (χ1v) is 13.4. The molecule has 13 atom stereocenters. The lowest BCUT2D eigenvalue weighted by molar-refractivity contribution is -0.273. The first kappa shape index (κ1) is 21.4. The quantitative estimate of drug-likeness (QED) is 0.579. The Hall–Kier alpha value is -0.160. The van der Waals surface area contributed by atoms with Crippen molar-refractivity contribution in [1.82, 2.24) is 0 Å². The predicted octanol–water partition coefficient (Wildman–Crippen LogP) is 4.76. The van der Waals surface area contributed by atoms with Crippen molar-refractivity contribution < 1.29 is 19.7 Å². The Bertz CT molecular complexity index is 716. The zero-order valence-electron chi connectivity index (χ0n) is 20.1. The Morgan fingerprint density at radius 2 is 1.65 bits per heavy atom. The summed E-state index contributed by atoms with van der Waals surface area (Å²) in [4.78, 5) is 0. The summed E-state index contributed by atoms with van der Waals surface area (Å²) in [6, 6.07) is 0. The number of rotatable bonds is 0. The molecule has 4 aliphatic carbocycles. The molecule has 4 saturated carbocycles. The van der Waals surface area contributed by atoms with Gasteiger partial charge in [-0.1, -0.05) is 27.7 Å². The van der Waals surface area contributed by atoms with E-state index >= 15 is 0 Å². The third kappa shape index (κ3) is 2.80. The number of aliphatic hydroxyl groups is 2. The van der Waals surface area contributed by atoms with Crippen molar-refractivity contribution in [3.63, 3.8) is 0 Å². The maximum absolute atomic E-state index is 10.6. The summed E-state index contributed by atoms with van der Waals surface area (Å²) in [6.07, 6.45) is 9.51. The largest absolute Gasteiger partial charge is 0.390 e. The number of fused-ring (bicyclic) bond motifs is 7. The molecule has 6 aliphatic rings. The zero-order valence-corrected chi connectivity index (χ0v) is 20.1. The molecule has 1 spiro atoms. The van der Waals surface area contributed by atoms with Crippen LogP contribution in [0.2, 0.25) is 0 Å². The second-order valence-electron chi connectivity index (χ2n) is 13.2. The van der Waals surface area contributed by atoms with E-state index in [1.54, 1.807) is 0 Å². The molecule has 0 aromatic rings. The van der Waals surface area contributed by atoms with E-state index in [1.807, 2.05) is 0 Å². The summed E-state index contributed by atoms with van der Waals surface area (Å²) in [7, 11) is 0. The number of aliphatic hydroxyl groups excluding tert-OH is 2. The highest BCUT2D eigenvalue weighted by Gasteiger charge is 2.69. The SMILES string of the molecule is C[C@@H]1CC[C@@]2(OC1)O[C@H]1C[C@H]3[C@@H]4CC[C@@H]5C[C@@H](O)[C@@H](O)C[C@]5(C)[C@@H]4CC[C@]3(C)[C@H]1[C@@H]2C. The van der Waals surface area contributed by atoms with Crippen LogP contribution in [-0.2, 0) is 9.47 Å². The molecule has 2 aliphatic heterocycles. The van der Waals surface area contributed by atoms with Crippen molar-refractivity contribution in [2.45, 2.75) is 110 Å². The molecule has 0 aromatic heterocycles. The lowest BCUT2D eigenvalue weighted by Crippen LogP contribution is -2.57. The van der Waals surface area contributed by atoms with Gasteiger partial charge in [-0.15, -0.1) is 0 Å². The van der Waals surface area contributed by atoms with Crippen LogP contribution in [0.15, 0.2) is 0 Å². The Morgan fingerprint density at radius 1 is 0.839 bits per heavy atom.